The van der Waals surface area contributed by atoms with E-state index in [4.69, 9.17) is 10.2 Å². The van der Waals surface area contributed by atoms with Crippen LogP contribution in [0.4, 0.5) is 0 Å². The Balaban J connectivity index is 0.00000242. The summed E-state index contributed by atoms with van der Waals surface area (Å²) in [5.74, 6) is 3.03. The van der Waals surface area contributed by atoms with Gasteiger partial charge in [-0.15, -0.1) is 24.0 Å². The Morgan fingerprint density at radius 2 is 2.23 bits per heavy atom. The highest BCUT2D eigenvalue weighted by atomic mass is 127. The van der Waals surface area contributed by atoms with Gasteiger partial charge in [-0.05, 0) is 19.4 Å². The molecule has 2 rings (SSSR count). The average Bonchev–Trinajstić information content (AvgIpc) is 2.93. The molecule has 1 fully saturated rings. The zero-order chi connectivity index (χ0) is 15.1. The van der Waals surface area contributed by atoms with Crippen molar-refractivity contribution < 1.29 is 9.21 Å². The van der Waals surface area contributed by atoms with Crippen LogP contribution in [0, 0.1) is 6.92 Å². The number of nitrogens with zero attached hydrogens (tertiary/aromatic N) is 2. The number of nitrogens with one attached hydrogen (secondary N) is 1. The van der Waals surface area contributed by atoms with Gasteiger partial charge >= 0.3 is 0 Å². The number of hydrogen-bond donors (Lipinski definition) is 2. The van der Waals surface area contributed by atoms with E-state index in [2.05, 4.69) is 15.2 Å². The van der Waals surface area contributed by atoms with Crippen molar-refractivity contribution in [2.45, 2.75) is 13.3 Å². The second kappa shape index (κ2) is 9.98. The van der Waals surface area contributed by atoms with Crippen LogP contribution in [-0.4, -0.2) is 54.5 Å². The van der Waals surface area contributed by atoms with Crippen LogP contribution in [0.3, 0.4) is 0 Å². The van der Waals surface area contributed by atoms with Gasteiger partial charge in [0.25, 0.3) is 5.91 Å². The first-order valence-corrected chi connectivity index (χ1v) is 8.29. The zero-order valence-corrected chi connectivity index (χ0v) is 15.9. The topological polar surface area (TPSA) is 83.9 Å². The smallest absolute Gasteiger partial charge is 0.287 e. The Bertz CT molecular complexity index is 501. The van der Waals surface area contributed by atoms with Crippen LogP contribution in [0.25, 0.3) is 0 Å². The fraction of sp³-hybridized carbons (Fsp3) is 0.571. The van der Waals surface area contributed by atoms with Crippen LogP contribution >= 0.6 is 35.7 Å². The van der Waals surface area contributed by atoms with Crippen molar-refractivity contribution in [1.82, 2.24) is 10.2 Å². The summed E-state index contributed by atoms with van der Waals surface area (Å²) in [4.78, 5) is 18.3. The van der Waals surface area contributed by atoms with Gasteiger partial charge in [-0.3, -0.25) is 9.79 Å². The Kier molecular flexibility index (Phi) is 8.69. The second-order valence-corrected chi connectivity index (χ2v) is 6.11. The van der Waals surface area contributed by atoms with E-state index < -0.39 is 0 Å². The van der Waals surface area contributed by atoms with Gasteiger partial charge in [-0.25, -0.2) is 0 Å². The Labute approximate surface area is 152 Å². The summed E-state index contributed by atoms with van der Waals surface area (Å²) in [6.45, 7) is 4.96. The van der Waals surface area contributed by atoms with E-state index in [1.807, 2.05) is 18.7 Å². The maximum Gasteiger partial charge on any atom is 0.287 e. The predicted octanol–water partition coefficient (Wildman–Crippen LogP) is 1.69. The molecule has 0 unspecified atom stereocenters. The number of hydrogen-bond acceptors (Lipinski definition) is 4. The lowest BCUT2D eigenvalue weighted by molar-refractivity contribution is 0.0925. The van der Waals surface area contributed by atoms with Crippen molar-refractivity contribution in [3.8, 4) is 0 Å². The molecule has 0 aliphatic carbocycles. The first-order chi connectivity index (χ1) is 10.2. The highest BCUT2D eigenvalue weighted by molar-refractivity contribution is 14.0. The molecule has 124 valence electrons. The fourth-order valence-electron chi connectivity index (χ4n) is 2.05. The van der Waals surface area contributed by atoms with Crippen molar-refractivity contribution >= 4 is 47.6 Å². The molecule has 0 spiro atoms. The number of furan rings is 1. The Hall–Kier alpha value is -0.900. The molecule has 1 saturated heterocycles. The SMILES string of the molecule is Cc1ccoc1C(=O)NCCCN=C(N)N1CCSCC1.I. The third-order valence-electron chi connectivity index (χ3n) is 3.30. The molecular formula is C14H23IN4O2S. The van der Waals surface area contributed by atoms with Crippen LogP contribution in [-0.2, 0) is 0 Å². The van der Waals surface area contributed by atoms with E-state index in [1.165, 1.54) is 6.26 Å². The van der Waals surface area contributed by atoms with Crippen molar-refractivity contribution in [2.75, 3.05) is 37.7 Å². The molecule has 0 radical (unpaired) electrons. The van der Waals surface area contributed by atoms with E-state index in [0.717, 1.165) is 36.6 Å². The summed E-state index contributed by atoms with van der Waals surface area (Å²) in [6, 6.07) is 1.77. The van der Waals surface area contributed by atoms with Crippen LogP contribution in [0.2, 0.25) is 0 Å². The van der Waals surface area contributed by atoms with Crippen LogP contribution in [0.5, 0.6) is 0 Å². The molecule has 1 amide bonds. The number of amides is 1. The minimum Gasteiger partial charge on any atom is -0.459 e. The molecule has 0 aromatic carbocycles. The highest BCUT2D eigenvalue weighted by Gasteiger charge is 2.12. The van der Waals surface area contributed by atoms with Crippen LogP contribution in [0.15, 0.2) is 21.7 Å². The number of halogens is 1. The summed E-state index contributed by atoms with van der Waals surface area (Å²) >= 11 is 1.94. The van der Waals surface area contributed by atoms with Gasteiger partial charge in [-0.1, -0.05) is 0 Å². The first-order valence-electron chi connectivity index (χ1n) is 7.13. The molecule has 1 aromatic rings. The molecule has 3 N–H and O–H groups in total. The number of carbonyl (C=O) groups is 1. The number of aliphatic imine (C=N–C) groups is 1. The van der Waals surface area contributed by atoms with E-state index >= 15 is 0 Å². The number of rotatable bonds is 5. The predicted molar refractivity (Wildman–Crippen MR) is 101 cm³/mol. The molecule has 0 bridgehead atoms. The summed E-state index contributed by atoms with van der Waals surface area (Å²) in [6.07, 6.45) is 2.28. The van der Waals surface area contributed by atoms with Gasteiger partial charge in [0.2, 0.25) is 0 Å². The van der Waals surface area contributed by atoms with Crippen molar-refractivity contribution in [2.24, 2.45) is 10.7 Å². The zero-order valence-electron chi connectivity index (χ0n) is 12.7. The molecule has 1 aliphatic heterocycles. The summed E-state index contributed by atoms with van der Waals surface area (Å²) in [5, 5.41) is 2.82. The standard InChI is InChI=1S/C14H22N4O2S.HI/c1-11-3-8-20-12(11)13(19)16-4-2-5-17-14(15)18-6-9-21-10-7-18;/h3,8H,2,4-7,9-10H2,1H3,(H2,15,17)(H,16,19);1H. The molecule has 0 atom stereocenters. The maximum atomic E-state index is 11.8. The second-order valence-electron chi connectivity index (χ2n) is 4.88. The minimum absolute atomic E-state index is 0. The third-order valence-corrected chi connectivity index (χ3v) is 4.24. The number of guanidine groups is 1. The van der Waals surface area contributed by atoms with E-state index in [0.29, 0.717) is 24.8 Å². The lowest BCUT2D eigenvalue weighted by atomic mass is 10.2. The first kappa shape index (κ1) is 19.1. The molecular weight excluding hydrogens is 415 g/mol. The van der Waals surface area contributed by atoms with Crippen LogP contribution in [0.1, 0.15) is 22.5 Å². The van der Waals surface area contributed by atoms with Gasteiger partial charge in [0.05, 0.1) is 6.26 Å². The molecule has 0 saturated carbocycles. The number of aryl methyl sites for hydroxylation is 1. The van der Waals surface area contributed by atoms with E-state index in [9.17, 15) is 4.79 Å². The highest BCUT2D eigenvalue weighted by Crippen LogP contribution is 2.09. The molecule has 1 aliphatic rings. The van der Waals surface area contributed by atoms with E-state index in [1.54, 1.807) is 6.07 Å². The van der Waals surface area contributed by atoms with Gasteiger partial charge in [-0.2, -0.15) is 11.8 Å². The summed E-state index contributed by atoms with van der Waals surface area (Å²) in [5.41, 5.74) is 6.80. The minimum atomic E-state index is -0.178. The molecule has 2 heterocycles. The third kappa shape index (κ3) is 5.71. The lowest BCUT2D eigenvalue weighted by Gasteiger charge is -2.27. The number of carbonyl (C=O) groups excluding carboxylic acids is 1. The number of thioether (sulfide) groups is 1. The monoisotopic (exact) mass is 438 g/mol. The van der Waals surface area contributed by atoms with Crippen molar-refractivity contribution in [3.05, 3.63) is 23.7 Å². The summed E-state index contributed by atoms with van der Waals surface area (Å²) in [7, 11) is 0. The Morgan fingerprint density at radius 3 is 2.86 bits per heavy atom. The lowest BCUT2D eigenvalue weighted by Crippen LogP contribution is -2.42. The van der Waals surface area contributed by atoms with Crippen LogP contribution < -0.4 is 11.1 Å². The molecule has 8 heteroatoms. The largest absolute Gasteiger partial charge is 0.459 e. The maximum absolute atomic E-state index is 11.8. The van der Waals surface area contributed by atoms with Gasteiger partial charge in [0, 0.05) is 43.2 Å². The fourth-order valence-corrected chi connectivity index (χ4v) is 2.96. The average molecular weight is 438 g/mol. The molecule has 6 nitrogen and oxygen atoms in total. The van der Waals surface area contributed by atoms with Gasteiger partial charge in [0.15, 0.2) is 11.7 Å². The summed E-state index contributed by atoms with van der Waals surface area (Å²) < 4.78 is 5.13. The van der Waals surface area contributed by atoms with Crippen molar-refractivity contribution in [1.29, 1.82) is 0 Å². The van der Waals surface area contributed by atoms with E-state index in [-0.39, 0.29) is 29.9 Å². The van der Waals surface area contributed by atoms with Gasteiger partial charge < -0.3 is 20.4 Å². The Morgan fingerprint density at radius 1 is 1.50 bits per heavy atom. The van der Waals surface area contributed by atoms with Crippen molar-refractivity contribution in [3.63, 3.8) is 0 Å². The number of nitrogens with two attached hydrogens (primary N) is 1. The normalized spacial score (nSPS) is 15.3. The molecule has 1 aromatic heterocycles. The quantitative estimate of drug-likeness (QED) is 0.317. The van der Waals surface area contributed by atoms with Gasteiger partial charge in [0.1, 0.15) is 0 Å². The molecule has 22 heavy (non-hydrogen) atoms.